The fourth-order valence-corrected chi connectivity index (χ4v) is 1.63. The summed E-state index contributed by atoms with van der Waals surface area (Å²) in [4.78, 5) is 0. The molecule has 0 fully saturated rings. The van der Waals surface area contributed by atoms with E-state index >= 15 is 0 Å². The average Bonchev–Trinajstić information content (AvgIpc) is 2.36. The van der Waals surface area contributed by atoms with Crippen molar-refractivity contribution in [3.63, 3.8) is 0 Å². The van der Waals surface area contributed by atoms with E-state index in [1.54, 1.807) is 0 Å². The molecular weight excluding hydrogens is 214 g/mol. The lowest BCUT2D eigenvalue weighted by Crippen LogP contribution is -2.24. The number of hydrogen-bond acceptors (Lipinski definition) is 3. The van der Waals surface area contributed by atoms with Gasteiger partial charge in [-0.25, -0.2) is 0 Å². The Hall–Kier alpha value is -1.06. The minimum atomic E-state index is -0.453. The zero-order valence-corrected chi connectivity index (χ0v) is 10.8. The molecule has 0 bridgehead atoms. The molecule has 0 heterocycles. The summed E-state index contributed by atoms with van der Waals surface area (Å²) in [6.07, 6.45) is 1.83. The third kappa shape index (κ3) is 5.71. The predicted molar refractivity (Wildman–Crippen MR) is 71.4 cm³/mol. The molecule has 1 atom stereocenters. The molecule has 0 aliphatic heterocycles. The van der Waals surface area contributed by atoms with Crippen LogP contribution < -0.4 is 5.32 Å². The molecule has 0 aliphatic carbocycles. The Balaban J connectivity index is 2.31. The fourth-order valence-electron chi connectivity index (χ4n) is 1.63. The van der Waals surface area contributed by atoms with Crippen molar-refractivity contribution in [2.24, 2.45) is 0 Å². The number of rotatable bonds is 8. The number of anilines is 1. The van der Waals surface area contributed by atoms with Crippen molar-refractivity contribution < 1.29 is 9.84 Å². The van der Waals surface area contributed by atoms with Crippen LogP contribution in [0, 0.1) is 0 Å². The highest BCUT2D eigenvalue weighted by Crippen LogP contribution is 2.10. The van der Waals surface area contributed by atoms with Crippen molar-refractivity contribution in [1.29, 1.82) is 0 Å². The van der Waals surface area contributed by atoms with Crippen molar-refractivity contribution in [2.45, 2.75) is 32.8 Å². The summed E-state index contributed by atoms with van der Waals surface area (Å²) >= 11 is 0. The zero-order valence-electron chi connectivity index (χ0n) is 10.8. The van der Waals surface area contributed by atoms with Gasteiger partial charge in [0.25, 0.3) is 0 Å². The Morgan fingerprint density at radius 1 is 1.24 bits per heavy atom. The highest BCUT2D eigenvalue weighted by atomic mass is 16.5. The highest BCUT2D eigenvalue weighted by Gasteiger charge is 2.03. The summed E-state index contributed by atoms with van der Waals surface area (Å²) in [7, 11) is 0. The maximum Gasteiger partial charge on any atom is 0.0945 e. The third-order valence-electron chi connectivity index (χ3n) is 2.55. The molecule has 0 amide bonds. The lowest BCUT2D eigenvalue weighted by atomic mass is 10.1. The zero-order chi connectivity index (χ0) is 12.5. The van der Waals surface area contributed by atoms with E-state index in [1.165, 1.54) is 12.0 Å². The van der Waals surface area contributed by atoms with Crippen molar-refractivity contribution in [3.8, 4) is 0 Å². The van der Waals surface area contributed by atoms with Gasteiger partial charge in [0.1, 0.15) is 0 Å². The van der Waals surface area contributed by atoms with Gasteiger partial charge in [-0.3, -0.25) is 0 Å². The molecule has 3 nitrogen and oxygen atoms in total. The van der Waals surface area contributed by atoms with Gasteiger partial charge < -0.3 is 15.2 Å². The van der Waals surface area contributed by atoms with E-state index in [9.17, 15) is 5.11 Å². The lowest BCUT2D eigenvalue weighted by Gasteiger charge is -2.12. The van der Waals surface area contributed by atoms with E-state index in [2.05, 4.69) is 36.5 Å². The number of aliphatic hydroxyl groups excluding tert-OH is 1. The summed E-state index contributed by atoms with van der Waals surface area (Å²) in [6.45, 7) is 5.65. The number of nitrogens with one attached hydrogen (secondary N) is 1. The summed E-state index contributed by atoms with van der Waals surface area (Å²) in [5.41, 5.74) is 2.40. The summed E-state index contributed by atoms with van der Waals surface area (Å²) in [5, 5.41) is 12.8. The molecule has 96 valence electrons. The second kappa shape index (κ2) is 8.09. The standard InChI is InChI=1S/C14H23NO2/c1-3-5-12-6-8-13(9-7-12)15-10-14(16)11-17-4-2/h6-9,14-16H,3-5,10-11H2,1-2H3. The topological polar surface area (TPSA) is 41.5 Å². The van der Waals surface area contributed by atoms with Crippen LogP contribution in [0.5, 0.6) is 0 Å². The fraction of sp³-hybridized carbons (Fsp3) is 0.571. The lowest BCUT2D eigenvalue weighted by molar-refractivity contribution is 0.0496. The SMILES string of the molecule is CCCc1ccc(NCC(O)COCC)cc1. The normalized spacial score (nSPS) is 12.4. The van der Waals surface area contributed by atoms with E-state index in [0.717, 1.165) is 12.1 Å². The van der Waals surface area contributed by atoms with E-state index < -0.39 is 6.10 Å². The molecular formula is C14H23NO2. The molecule has 1 aromatic rings. The van der Waals surface area contributed by atoms with E-state index in [0.29, 0.717) is 19.8 Å². The van der Waals surface area contributed by atoms with Crippen molar-refractivity contribution in [3.05, 3.63) is 29.8 Å². The smallest absolute Gasteiger partial charge is 0.0945 e. The van der Waals surface area contributed by atoms with Gasteiger partial charge in [0.2, 0.25) is 0 Å². The molecule has 0 spiro atoms. The summed E-state index contributed by atoms with van der Waals surface area (Å²) < 4.78 is 5.14. The molecule has 2 N–H and O–H groups in total. The minimum absolute atomic E-state index is 0.386. The molecule has 1 aromatic carbocycles. The van der Waals surface area contributed by atoms with Crippen LogP contribution in [0.4, 0.5) is 5.69 Å². The molecule has 1 rings (SSSR count). The Morgan fingerprint density at radius 3 is 2.53 bits per heavy atom. The van der Waals surface area contributed by atoms with Gasteiger partial charge in [-0.2, -0.15) is 0 Å². The monoisotopic (exact) mass is 237 g/mol. The number of benzene rings is 1. The first kappa shape index (κ1) is 14.0. The van der Waals surface area contributed by atoms with Crippen molar-refractivity contribution >= 4 is 5.69 Å². The number of hydrogen-bond donors (Lipinski definition) is 2. The van der Waals surface area contributed by atoms with Gasteiger partial charge in [0, 0.05) is 18.8 Å². The number of aliphatic hydroxyl groups is 1. The van der Waals surface area contributed by atoms with Crippen LogP contribution in [0.1, 0.15) is 25.8 Å². The average molecular weight is 237 g/mol. The Labute approximate surface area is 104 Å². The summed E-state index contributed by atoms with van der Waals surface area (Å²) in [6, 6.07) is 8.36. The van der Waals surface area contributed by atoms with Gasteiger partial charge in [-0.15, -0.1) is 0 Å². The highest BCUT2D eigenvalue weighted by molar-refractivity contribution is 5.44. The van der Waals surface area contributed by atoms with E-state index in [1.807, 2.05) is 6.92 Å². The Morgan fingerprint density at radius 2 is 1.94 bits per heavy atom. The van der Waals surface area contributed by atoms with E-state index in [4.69, 9.17) is 4.74 Å². The van der Waals surface area contributed by atoms with Crippen LogP contribution in [0.2, 0.25) is 0 Å². The molecule has 1 unspecified atom stereocenters. The second-order valence-corrected chi connectivity index (χ2v) is 4.14. The Kier molecular flexibility index (Phi) is 6.67. The molecule has 0 aromatic heterocycles. The largest absolute Gasteiger partial charge is 0.389 e. The van der Waals surface area contributed by atoms with Gasteiger partial charge in [0.15, 0.2) is 0 Å². The first-order chi connectivity index (χ1) is 8.26. The summed E-state index contributed by atoms with van der Waals surface area (Å²) in [5.74, 6) is 0. The van der Waals surface area contributed by atoms with Crippen LogP contribution >= 0.6 is 0 Å². The molecule has 3 heteroatoms. The van der Waals surface area contributed by atoms with Crippen molar-refractivity contribution in [1.82, 2.24) is 0 Å². The number of ether oxygens (including phenoxy) is 1. The molecule has 0 aliphatic rings. The first-order valence-electron chi connectivity index (χ1n) is 6.34. The van der Waals surface area contributed by atoms with Gasteiger partial charge in [-0.05, 0) is 31.0 Å². The predicted octanol–water partition coefficient (Wildman–Crippen LogP) is 2.45. The quantitative estimate of drug-likeness (QED) is 0.729. The first-order valence-corrected chi connectivity index (χ1v) is 6.34. The van der Waals surface area contributed by atoms with Crippen LogP contribution in [-0.2, 0) is 11.2 Å². The van der Waals surface area contributed by atoms with Crippen LogP contribution in [0.3, 0.4) is 0 Å². The van der Waals surface area contributed by atoms with Gasteiger partial charge >= 0.3 is 0 Å². The maximum atomic E-state index is 9.59. The van der Waals surface area contributed by atoms with Gasteiger partial charge in [-0.1, -0.05) is 25.5 Å². The molecule has 0 saturated heterocycles. The van der Waals surface area contributed by atoms with Crippen LogP contribution in [0.15, 0.2) is 24.3 Å². The molecule has 0 radical (unpaired) electrons. The minimum Gasteiger partial charge on any atom is -0.389 e. The third-order valence-corrected chi connectivity index (χ3v) is 2.55. The van der Waals surface area contributed by atoms with Crippen LogP contribution in [0.25, 0.3) is 0 Å². The van der Waals surface area contributed by atoms with Crippen molar-refractivity contribution in [2.75, 3.05) is 25.1 Å². The number of aryl methyl sites for hydroxylation is 1. The second-order valence-electron chi connectivity index (χ2n) is 4.14. The molecule has 0 saturated carbocycles. The van der Waals surface area contributed by atoms with Gasteiger partial charge in [0.05, 0.1) is 12.7 Å². The van der Waals surface area contributed by atoms with E-state index in [-0.39, 0.29) is 0 Å². The maximum absolute atomic E-state index is 9.59. The Bertz CT molecular complexity index is 298. The van der Waals surface area contributed by atoms with Crippen LogP contribution in [-0.4, -0.2) is 31.0 Å². The molecule has 17 heavy (non-hydrogen) atoms.